The van der Waals surface area contributed by atoms with Crippen LogP contribution in [-0.4, -0.2) is 32.3 Å². The third-order valence-corrected chi connectivity index (χ3v) is 4.51. The Morgan fingerprint density at radius 2 is 1.86 bits per heavy atom. The van der Waals surface area contributed by atoms with Crippen molar-refractivity contribution in [2.75, 3.05) is 0 Å². The van der Waals surface area contributed by atoms with Crippen molar-refractivity contribution in [3.63, 3.8) is 0 Å². The summed E-state index contributed by atoms with van der Waals surface area (Å²) in [5.74, 6) is -0.990. The smallest absolute Gasteiger partial charge is 0.305 e. The summed E-state index contributed by atoms with van der Waals surface area (Å²) in [5.41, 5.74) is 2.44. The van der Waals surface area contributed by atoms with Gasteiger partial charge in [0.15, 0.2) is 0 Å². The number of carbonyl (C=O) groups is 2. The van der Waals surface area contributed by atoms with Gasteiger partial charge < -0.3 is 10.4 Å². The molecule has 6 heteroatoms. The normalized spacial score (nSPS) is 11.5. The van der Waals surface area contributed by atoms with Crippen molar-refractivity contribution in [3.8, 4) is 0 Å². The molecule has 0 bridgehead atoms. The van der Waals surface area contributed by atoms with Crippen LogP contribution in [0.1, 0.15) is 56.5 Å². The van der Waals surface area contributed by atoms with E-state index < -0.39 is 11.5 Å². The van der Waals surface area contributed by atoms with Gasteiger partial charge in [0.1, 0.15) is 0 Å². The molecule has 0 aliphatic rings. The van der Waals surface area contributed by atoms with Gasteiger partial charge in [-0.15, -0.1) is 0 Å². The van der Waals surface area contributed by atoms with Gasteiger partial charge in [-0.1, -0.05) is 13.8 Å². The molecule has 1 rings (SSSR count). The Kier molecular flexibility index (Phi) is 6.14. The number of aliphatic carboxylic acids is 1. The quantitative estimate of drug-likeness (QED) is 0.770. The molecule has 1 aromatic heterocycles. The van der Waals surface area contributed by atoms with E-state index in [9.17, 15) is 9.59 Å². The number of carboxylic acids is 1. The number of rotatable bonds is 8. The first kappa shape index (κ1) is 18.2. The predicted octanol–water partition coefficient (Wildman–Crippen LogP) is 2.12. The van der Waals surface area contributed by atoms with Crippen molar-refractivity contribution >= 4 is 11.9 Å². The highest BCUT2D eigenvalue weighted by Crippen LogP contribution is 2.21. The number of hydrogen-bond acceptors (Lipinski definition) is 3. The minimum Gasteiger partial charge on any atom is -0.481 e. The van der Waals surface area contributed by atoms with Gasteiger partial charge in [-0.25, -0.2) is 0 Å². The van der Waals surface area contributed by atoms with Crippen molar-refractivity contribution in [1.29, 1.82) is 0 Å². The van der Waals surface area contributed by atoms with Crippen LogP contribution in [0.4, 0.5) is 0 Å². The van der Waals surface area contributed by atoms with Gasteiger partial charge >= 0.3 is 5.97 Å². The molecule has 0 aliphatic carbocycles. The Bertz CT molecular complexity index is 545. The Morgan fingerprint density at radius 1 is 1.27 bits per heavy atom. The number of carbonyl (C=O) groups excluding carboxylic acids is 1. The van der Waals surface area contributed by atoms with Gasteiger partial charge in [-0.05, 0) is 38.7 Å². The molecule has 1 aromatic rings. The lowest BCUT2D eigenvalue weighted by atomic mass is 9.88. The average Bonchev–Trinajstić information content (AvgIpc) is 2.69. The summed E-state index contributed by atoms with van der Waals surface area (Å²) in [7, 11) is 1.89. The van der Waals surface area contributed by atoms with Crippen LogP contribution in [-0.2, 0) is 23.1 Å². The average molecular weight is 309 g/mol. The molecular weight excluding hydrogens is 282 g/mol. The van der Waals surface area contributed by atoms with E-state index in [2.05, 4.69) is 10.4 Å². The summed E-state index contributed by atoms with van der Waals surface area (Å²) in [6.45, 7) is 7.73. The Labute approximate surface area is 131 Å². The summed E-state index contributed by atoms with van der Waals surface area (Å²) < 4.78 is 1.81. The number of hydrogen-bond donors (Lipinski definition) is 2. The molecule has 0 unspecified atom stereocenters. The SMILES string of the molecule is CCC(CC)(CC(=O)O)NC(=O)CCc1c(C)nn(C)c1C. The van der Waals surface area contributed by atoms with Crippen molar-refractivity contribution in [2.24, 2.45) is 7.05 Å². The van der Waals surface area contributed by atoms with Crippen LogP contribution in [0, 0.1) is 13.8 Å². The molecule has 2 N–H and O–H groups in total. The maximum atomic E-state index is 12.2. The monoisotopic (exact) mass is 309 g/mol. The number of carboxylic acid groups (broad SMARTS) is 1. The lowest BCUT2D eigenvalue weighted by molar-refractivity contribution is -0.139. The number of aromatic nitrogens is 2. The molecule has 0 saturated carbocycles. The maximum Gasteiger partial charge on any atom is 0.305 e. The first-order chi connectivity index (χ1) is 10.2. The molecule has 0 aliphatic heterocycles. The van der Waals surface area contributed by atoms with Crippen LogP contribution in [0.25, 0.3) is 0 Å². The lowest BCUT2D eigenvalue weighted by Crippen LogP contribution is -2.49. The molecular formula is C16H27N3O3. The minimum atomic E-state index is -0.886. The van der Waals surface area contributed by atoms with Crippen molar-refractivity contribution in [1.82, 2.24) is 15.1 Å². The fraction of sp³-hybridized carbons (Fsp3) is 0.688. The van der Waals surface area contributed by atoms with Gasteiger partial charge in [-0.2, -0.15) is 5.10 Å². The lowest BCUT2D eigenvalue weighted by Gasteiger charge is -2.31. The Hall–Kier alpha value is -1.85. The standard InChI is InChI=1S/C16H27N3O3/c1-6-16(7-2,10-15(21)22)17-14(20)9-8-13-11(3)18-19(5)12(13)4/h6-10H2,1-5H3,(H,17,20)(H,21,22). The first-order valence-corrected chi connectivity index (χ1v) is 7.76. The molecule has 0 saturated heterocycles. The Balaban J connectivity index is 2.70. The highest BCUT2D eigenvalue weighted by molar-refractivity contribution is 5.78. The number of nitrogens with one attached hydrogen (secondary N) is 1. The second-order valence-electron chi connectivity index (χ2n) is 5.88. The zero-order valence-corrected chi connectivity index (χ0v) is 14.2. The highest BCUT2D eigenvalue weighted by atomic mass is 16.4. The van der Waals surface area contributed by atoms with E-state index in [1.165, 1.54) is 0 Å². The van der Waals surface area contributed by atoms with Gasteiger partial charge in [0, 0.05) is 24.7 Å². The molecule has 1 amide bonds. The molecule has 0 radical (unpaired) electrons. The van der Waals surface area contributed by atoms with Gasteiger partial charge in [0.2, 0.25) is 5.91 Å². The summed E-state index contributed by atoms with van der Waals surface area (Å²) in [5, 5.41) is 16.3. The summed E-state index contributed by atoms with van der Waals surface area (Å²) in [6, 6.07) is 0. The van der Waals surface area contributed by atoms with E-state index in [0.29, 0.717) is 25.7 Å². The third kappa shape index (κ3) is 4.32. The van der Waals surface area contributed by atoms with E-state index in [1.54, 1.807) is 0 Å². The van der Waals surface area contributed by atoms with Gasteiger partial charge in [-0.3, -0.25) is 14.3 Å². The second kappa shape index (κ2) is 7.42. The maximum absolute atomic E-state index is 12.2. The Morgan fingerprint density at radius 3 is 2.27 bits per heavy atom. The summed E-state index contributed by atoms with van der Waals surface area (Å²) in [4.78, 5) is 23.3. The molecule has 124 valence electrons. The topological polar surface area (TPSA) is 84.2 Å². The molecule has 22 heavy (non-hydrogen) atoms. The molecule has 0 spiro atoms. The number of aryl methyl sites for hydroxylation is 2. The van der Waals surface area contributed by atoms with E-state index in [4.69, 9.17) is 5.11 Å². The van der Waals surface area contributed by atoms with Crippen LogP contribution >= 0.6 is 0 Å². The minimum absolute atomic E-state index is 0.0450. The third-order valence-electron chi connectivity index (χ3n) is 4.51. The van der Waals surface area contributed by atoms with Gasteiger partial charge in [0.25, 0.3) is 0 Å². The number of nitrogens with zero attached hydrogens (tertiary/aromatic N) is 2. The molecule has 0 fully saturated rings. The zero-order valence-electron chi connectivity index (χ0n) is 14.2. The van der Waals surface area contributed by atoms with Crippen LogP contribution in [0.3, 0.4) is 0 Å². The van der Waals surface area contributed by atoms with Crippen LogP contribution < -0.4 is 5.32 Å². The van der Waals surface area contributed by atoms with E-state index in [-0.39, 0.29) is 12.3 Å². The van der Waals surface area contributed by atoms with E-state index in [1.807, 2.05) is 39.4 Å². The zero-order chi connectivity index (χ0) is 16.9. The molecule has 6 nitrogen and oxygen atoms in total. The van der Waals surface area contributed by atoms with Crippen LogP contribution in [0.15, 0.2) is 0 Å². The van der Waals surface area contributed by atoms with Crippen LogP contribution in [0.5, 0.6) is 0 Å². The number of amides is 1. The summed E-state index contributed by atoms with van der Waals surface area (Å²) in [6.07, 6.45) is 2.12. The first-order valence-electron chi connectivity index (χ1n) is 7.76. The van der Waals surface area contributed by atoms with E-state index in [0.717, 1.165) is 17.0 Å². The largest absolute Gasteiger partial charge is 0.481 e. The van der Waals surface area contributed by atoms with Crippen molar-refractivity contribution in [2.45, 2.75) is 65.3 Å². The summed E-state index contributed by atoms with van der Waals surface area (Å²) >= 11 is 0. The van der Waals surface area contributed by atoms with Crippen molar-refractivity contribution < 1.29 is 14.7 Å². The molecule has 0 aromatic carbocycles. The van der Waals surface area contributed by atoms with Gasteiger partial charge in [0.05, 0.1) is 12.1 Å². The highest BCUT2D eigenvalue weighted by Gasteiger charge is 2.30. The van der Waals surface area contributed by atoms with E-state index >= 15 is 0 Å². The fourth-order valence-electron chi connectivity index (χ4n) is 2.79. The second-order valence-corrected chi connectivity index (χ2v) is 5.88. The molecule has 0 atom stereocenters. The molecule has 1 heterocycles. The van der Waals surface area contributed by atoms with Crippen molar-refractivity contribution in [3.05, 3.63) is 17.0 Å². The fourth-order valence-corrected chi connectivity index (χ4v) is 2.79. The predicted molar refractivity (Wildman–Crippen MR) is 84.7 cm³/mol. The van der Waals surface area contributed by atoms with Crippen LogP contribution in [0.2, 0.25) is 0 Å².